The fraction of sp³-hybridized carbons (Fsp3) is 0.370. The highest BCUT2D eigenvalue weighted by molar-refractivity contribution is 6.09. The summed E-state index contributed by atoms with van der Waals surface area (Å²) in [5.74, 6) is -3.55. The molecule has 4 rings (SSSR count). The maximum atomic E-state index is 12.7. The number of Topliss-reactive ketones (excluding diaryl/α,β-unsaturated/α-hetero) is 1. The minimum Gasteiger partial charge on any atom is -0.504 e. The number of ketones is 1. The lowest BCUT2D eigenvalue weighted by atomic mass is 9.90. The van der Waals surface area contributed by atoms with E-state index >= 15 is 0 Å². The maximum absolute atomic E-state index is 12.7. The molecule has 12 heteroatoms. The summed E-state index contributed by atoms with van der Waals surface area (Å²) >= 11 is 0. The molecule has 6 atom stereocenters. The molecule has 2 aromatic rings. The lowest BCUT2D eigenvalue weighted by Crippen LogP contribution is -2.61. The van der Waals surface area contributed by atoms with Crippen LogP contribution in [-0.2, 0) is 30.4 Å². The highest BCUT2D eigenvalue weighted by Gasteiger charge is 2.48. The number of para-hydroxylation sites is 1. The van der Waals surface area contributed by atoms with Crippen molar-refractivity contribution in [2.75, 3.05) is 6.61 Å². The summed E-state index contributed by atoms with van der Waals surface area (Å²) in [6, 6.07) is 11.9. The largest absolute Gasteiger partial charge is 0.504 e. The van der Waals surface area contributed by atoms with Crippen LogP contribution in [0.3, 0.4) is 0 Å². The fourth-order valence-electron chi connectivity index (χ4n) is 4.17. The monoisotopic (exact) mass is 544 g/mol. The SMILES string of the molecule is O=C(O[C@H]1[C@H](Oc2c(O)cccc2COC(=O)[C@@]2(O)C=CCCC2=O)O[C@H](CO)[C@@H](O)[C@@H]1O)c1ccccc1. The number of hydrogen-bond donors (Lipinski definition) is 5. The third-order valence-electron chi connectivity index (χ3n) is 6.38. The number of rotatable bonds is 8. The molecule has 208 valence electrons. The highest BCUT2D eigenvalue weighted by Crippen LogP contribution is 2.35. The number of aromatic hydroxyl groups is 1. The number of aliphatic hydroxyl groups is 4. The number of benzene rings is 2. The molecule has 0 radical (unpaired) electrons. The highest BCUT2D eigenvalue weighted by atomic mass is 16.7. The van der Waals surface area contributed by atoms with Crippen molar-refractivity contribution in [3.63, 3.8) is 0 Å². The van der Waals surface area contributed by atoms with Gasteiger partial charge < -0.3 is 44.5 Å². The molecule has 1 heterocycles. The van der Waals surface area contributed by atoms with Gasteiger partial charge in [-0.05, 0) is 30.7 Å². The molecule has 0 unspecified atom stereocenters. The number of hydrogen-bond acceptors (Lipinski definition) is 12. The maximum Gasteiger partial charge on any atom is 0.350 e. The molecule has 1 aliphatic heterocycles. The number of phenolic OH excluding ortho intramolecular Hbond substituents is 1. The standard InChI is InChI=1S/C27H28O12/c28-13-18-20(31)21(32)23(38-24(33)15-7-2-1-3-8-15)25(37-18)39-22-16(9-6-10-17(22)29)14-36-26(34)27(35)12-5-4-11-19(27)30/h1-3,5-10,12,18,20-21,23,25,28-29,31-32,35H,4,11,13-14H2/t18-,20-,21+,23-,25+,27-/m1/s1. The summed E-state index contributed by atoms with van der Waals surface area (Å²) in [6.07, 6.45) is -5.09. The second kappa shape index (κ2) is 11.9. The van der Waals surface area contributed by atoms with Gasteiger partial charge in [-0.2, -0.15) is 0 Å². The van der Waals surface area contributed by atoms with Gasteiger partial charge in [-0.1, -0.05) is 36.4 Å². The zero-order valence-electron chi connectivity index (χ0n) is 20.6. The molecule has 0 aromatic heterocycles. The van der Waals surface area contributed by atoms with Crippen LogP contribution >= 0.6 is 0 Å². The van der Waals surface area contributed by atoms with Crippen molar-refractivity contribution >= 4 is 17.7 Å². The Balaban J connectivity index is 1.57. The molecule has 0 saturated carbocycles. The first-order chi connectivity index (χ1) is 18.7. The van der Waals surface area contributed by atoms with Crippen molar-refractivity contribution in [2.24, 2.45) is 0 Å². The van der Waals surface area contributed by atoms with E-state index in [-0.39, 0.29) is 23.3 Å². The predicted molar refractivity (Wildman–Crippen MR) is 130 cm³/mol. The van der Waals surface area contributed by atoms with E-state index in [4.69, 9.17) is 18.9 Å². The van der Waals surface area contributed by atoms with Gasteiger partial charge in [0.25, 0.3) is 0 Å². The van der Waals surface area contributed by atoms with Gasteiger partial charge in [0, 0.05) is 12.0 Å². The molecule has 1 fully saturated rings. The van der Waals surface area contributed by atoms with E-state index in [0.717, 1.165) is 6.08 Å². The van der Waals surface area contributed by atoms with Gasteiger partial charge in [-0.25, -0.2) is 9.59 Å². The van der Waals surface area contributed by atoms with Crippen LogP contribution in [0.2, 0.25) is 0 Å². The molecular weight excluding hydrogens is 516 g/mol. The Labute approximate surface area is 222 Å². The van der Waals surface area contributed by atoms with Gasteiger partial charge in [0.1, 0.15) is 24.9 Å². The second-order valence-corrected chi connectivity index (χ2v) is 9.03. The van der Waals surface area contributed by atoms with Crippen molar-refractivity contribution in [1.82, 2.24) is 0 Å². The number of allylic oxidation sites excluding steroid dienone is 1. The lowest BCUT2D eigenvalue weighted by Gasteiger charge is -2.41. The van der Waals surface area contributed by atoms with E-state index in [9.17, 15) is 39.9 Å². The van der Waals surface area contributed by atoms with E-state index in [1.54, 1.807) is 18.2 Å². The van der Waals surface area contributed by atoms with Gasteiger partial charge in [-0.3, -0.25) is 4.79 Å². The molecule has 39 heavy (non-hydrogen) atoms. The number of esters is 2. The molecule has 1 saturated heterocycles. The van der Waals surface area contributed by atoms with E-state index in [0.29, 0.717) is 6.42 Å². The Morgan fingerprint density at radius 2 is 1.79 bits per heavy atom. The zero-order valence-corrected chi connectivity index (χ0v) is 20.6. The minimum absolute atomic E-state index is 0.0368. The lowest BCUT2D eigenvalue weighted by molar-refractivity contribution is -0.277. The zero-order chi connectivity index (χ0) is 28.2. The normalized spacial score (nSPS) is 28.5. The van der Waals surface area contributed by atoms with Gasteiger partial charge >= 0.3 is 11.9 Å². The smallest absolute Gasteiger partial charge is 0.350 e. The molecular formula is C27H28O12. The summed E-state index contributed by atoms with van der Waals surface area (Å²) in [4.78, 5) is 37.3. The molecule has 5 N–H and O–H groups in total. The Kier molecular flexibility index (Phi) is 8.63. The Bertz CT molecular complexity index is 1230. The van der Waals surface area contributed by atoms with Crippen molar-refractivity contribution in [2.45, 2.75) is 55.8 Å². The second-order valence-electron chi connectivity index (χ2n) is 9.03. The van der Waals surface area contributed by atoms with Crippen molar-refractivity contribution in [3.05, 3.63) is 71.8 Å². The minimum atomic E-state index is -2.44. The van der Waals surface area contributed by atoms with Crippen LogP contribution in [-0.4, -0.2) is 86.2 Å². The number of carbonyl (C=O) groups excluding carboxylic acids is 3. The van der Waals surface area contributed by atoms with Gasteiger partial charge in [0.15, 0.2) is 23.4 Å². The van der Waals surface area contributed by atoms with Crippen LogP contribution in [0.1, 0.15) is 28.8 Å². The average Bonchev–Trinajstić information content (AvgIpc) is 2.94. The van der Waals surface area contributed by atoms with E-state index in [2.05, 4.69) is 0 Å². The average molecular weight is 545 g/mol. The molecule has 2 aliphatic rings. The van der Waals surface area contributed by atoms with Crippen LogP contribution in [0.5, 0.6) is 11.5 Å². The topological polar surface area (TPSA) is 189 Å². The number of ether oxygens (including phenoxy) is 4. The van der Waals surface area contributed by atoms with E-state index in [1.807, 2.05) is 0 Å². The summed E-state index contributed by atoms with van der Waals surface area (Å²) in [6.45, 7) is -1.27. The summed E-state index contributed by atoms with van der Waals surface area (Å²) < 4.78 is 21.9. The fourth-order valence-corrected chi connectivity index (χ4v) is 4.17. The molecule has 0 amide bonds. The van der Waals surface area contributed by atoms with Gasteiger partial charge in [0.05, 0.1) is 12.2 Å². The Morgan fingerprint density at radius 1 is 1.05 bits per heavy atom. The van der Waals surface area contributed by atoms with E-state index < -0.39 is 73.0 Å². The van der Waals surface area contributed by atoms with Crippen molar-refractivity contribution in [1.29, 1.82) is 0 Å². The van der Waals surface area contributed by atoms with Gasteiger partial charge in [0.2, 0.25) is 11.9 Å². The van der Waals surface area contributed by atoms with Crippen LogP contribution < -0.4 is 4.74 Å². The molecule has 1 aliphatic carbocycles. The van der Waals surface area contributed by atoms with Crippen LogP contribution in [0.4, 0.5) is 0 Å². The number of phenols is 1. The summed E-state index contributed by atoms with van der Waals surface area (Å²) in [5.41, 5.74) is -2.23. The molecule has 12 nitrogen and oxygen atoms in total. The molecule has 0 spiro atoms. The van der Waals surface area contributed by atoms with E-state index in [1.165, 1.54) is 36.4 Å². The van der Waals surface area contributed by atoms with Crippen LogP contribution in [0.25, 0.3) is 0 Å². The van der Waals surface area contributed by atoms with Crippen molar-refractivity contribution in [3.8, 4) is 11.5 Å². The summed E-state index contributed by atoms with van der Waals surface area (Å²) in [5, 5.41) is 51.6. The summed E-state index contributed by atoms with van der Waals surface area (Å²) in [7, 11) is 0. The third kappa shape index (κ3) is 5.95. The first-order valence-corrected chi connectivity index (χ1v) is 12.1. The third-order valence-corrected chi connectivity index (χ3v) is 6.38. The predicted octanol–water partition coefficient (Wildman–Crippen LogP) is 0.129. The first kappa shape index (κ1) is 28.2. The van der Waals surface area contributed by atoms with Crippen LogP contribution in [0.15, 0.2) is 60.7 Å². The number of aliphatic hydroxyl groups excluding tert-OH is 3. The van der Waals surface area contributed by atoms with Crippen molar-refractivity contribution < 1.29 is 58.9 Å². The van der Waals surface area contributed by atoms with Crippen LogP contribution in [0, 0.1) is 0 Å². The Hall–Kier alpha value is -3.81. The first-order valence-electron chi connectivity index (χ1n) is 12.1. The molecule has 0 bridgehead atoms. The quantitative estimate of drug-likeness (QED) is 0.172. The Morgan fingerprint density at radius 3 is 2.49 bits per heavy atom. The number of carbonyl (C=O) groups is 3. The van der Waals surface area contributed by atoms with Gasteiger partial charge in [-0.15, -0.1) is 0 Å². The molecule has 2 aromatic carbocycles.